The number of benzene rings is 1. The van der Waals surface area contributed by atoms with Crippen LogP contribution in [0.15, 0.2) is 58.9 Å². The third-order valence-corrected chi connectivity index (χ3v) is 7.18. The van der Waals surface area contributed by atoms with Crippen LogP contribution in [0.4, 0.5) is 0 Å². The first-order valence-electron chi connectivity index (χ1n) is 12.8. The summed E-state index contributed by atoms with van der Waals surface area (Å²) in [5.74, 6) is 0.0287. The van der Waals surface area contributed by atoms with Crippen molar-refractivity contribution in [2.24, 2.45) is 11.3 Å². The lowest BCUT2D eigenvalue weighted by Crippen LogP contribution is -2.33. The number of unbranched alkanes of at least 4 members (excludes halogenated alkanes) is 6. The van der Waals surface area contributed by atoms with Crippen LogP contribution in [0.2, 0.25) is 0 Å². The fraction of sp³-hybridized carbons (Fsp3) is 0.533. The van der Waals surface area contributed by atoms with Crippen molar-refractivity contribution in [1.29, 1.82) is 0 Å². The summed E-state index contributed by atoms with van der Waals surface area (Å²) in [6.45, 7) is 10.5. The molecule has 1 N–H and O–H groups in total. The van der Waals surface area contributed by atoms with Crippen molar-refractivity contribution in [2.75, 3.05) is 13.7 Å². The Labute approximate surface area is 210 Å². The summed E-state index contributed by atoms with van der Waals surface area (Å²) in [5, 5.41) is 9.69. The largest absolute Gasteiger partial charge is 0.500 e. The number of hydrogen-bond donors (Lipinski definition) is 1. The Morgan fingerprint density at radius 2 is 1.60 bits per heavy atom. The number of carboxylic acids is 1. The molecule has 1 aliphatic rings. The Balaban J connectivity index is 1.99. The number of methoxy groups -OCH3 is 1. The van der Waals surface area contributed by atoms with Crippen molar-refractivity contribution in [3.05, 3.63) is 64.5 Å². The maximum atomic E-state index is 12.9. The van der Waals surface area contributed by atoms with Gasteiger partial charge in [0.05, 0.1) is 19.3 Å². The third-order valence-electron chi connectivity index (χ3n) is 7.18. The van der Waals surface area contributed by atoms with E-state index in [9.17, 15) is 14.7 Å². The van der Waals surface area contributed by atoms with E-state index in [0.29, 0.717) is 23.5 Å². The molecular weight excluding hydrogens is 440 g/mol. The van der Waals surface area contributed by atoms with E-state index in [0.717, 1.165) is 17.7 Å². The summed E-state index contributed by atoms with van der Waals surface area (Å²) in [7, 11) is 1.54. The Hall–Kier alpha value is -2.82. The maximum Gasteiger partial charge on any atom is 0.336 e. The second-order valence-electron chi connectivity index (χ2n) is 9.92. The summed E-state index contributed by atoms with van der Waals surface area (Å²) >= 11 is 0. The number of ether oxygens (including phenoxy) is 2. The van der Waals surface area contributed by atoms with Gasteiger partial charge in [0.2, 0.25) is 0 Å². The first kappa shape index (κ1) is 28.4. The van der Waals surface area contributed by atoms with Crippen molar-refractivity contribution in [1.82, 2.24) is 0 Å². The molecule has 1 aromatic rings. The highest BCUT2D eigenvalue weighted by molar-refractivity contribution is 6.04. The van der Waals surface area contributed by atoms with E-state index in [2.05, 4.69) is 6.92 Å². The fourth-order valence-electron chi connectivity index (χ4n) is 4.69. The monoisotopic (exact) mass is 482 g/mol. The normalized spacial score (nSPS) is 17.7. The standard InChI is InChI=1S/C30H42O5/c1-7-8-9-10-11-12-13-20-35-24-16-14-23(15-17-24)26(31)19-18-25-28(34-6)21(2)27(29(32)33)22(3)30(25,4)5/h14-19,25H,7-13,20H2,1-6H3,(H,32,33). The van der Waals surface area contributed by atoms with Gasteiger partial charge in [-0.05, 0) is 56.0 Å². The van der Waals surface area contributed by atoms with Gasteiger partial charge in [-0.3, -0.25) is 4.79 Å². The molecule has 1 aromatic carbocycles. The highest BCUT2D eigenvalue weighted by atomic mass is 16.5. The Morgan fingerprint density at radius 1 is 1.00 bits per heavy atom. The molecule has 0 amide bonds. The molecule has 0 heterocycles. The van der Waals surface area contributed by atoms with Crippen LogP contribution in [-0.4, -0.2) is 30.6 Å². The molecule has 1 aliphatic carbocycles. The molecule has 0 bridgehead atoms. The molecule has 0 spiro atoms. The highest BCUT2D eigenvalue weighted by Crippen LogP contribution is 2.48. The van der Waals surface area contributed by atoms with E-state index in [1.807, 2.05) is 39.0 Å². The summed E-state index contributed by atoms with van der Waals surface area (Å²) in [4.78, 5) is 24.7. The SMILES string of the molecule is CCCCCCCCCOc1ccc(C(=O)C=CC2C(OC)=C(C)C(C(=O)O)=C(C)C2(C)C)cc1. The number of carboxylic acid groups (broad SMARTS) is 1. The van der Waals surface area contributed by atoms with Gasteiger partial charge in [-0.2, -0.15) is 0 Å². The van der Waals surface area contributed by atoms with Gasteiger partial charge < -0.3 is 14.6 Å². The lowest BCUT2D eigenvalue weighted by molar-refractivity contribution is -0.132. The van der Waals surface area contributed by atoms with Gasteiger partial charge in [-0.1, -0.05) is 70.9 Å². The molecule has 0 saturated heterocycles. The Morgan fingerprint density at radius 3 is 2.17 bits per heavy atom. The second kappa shape index (κ2) is 13.3. The molecule has 2 rings (SSSR count). The predicted molar refractivity (Wildman–Crippen MR) is 141 cm³/mol. The predicted octanol–water partition coefficient (Wildman–Crippen LogP) is 7.53. The zero-order chi connectivity index (χ0) is 26.0. The van der Waals surface area contributed by atoms with Crippen molar-refractivity contribution in [3.63, 3.8) is 0 Å². The van der Waals surface area contributed by atoms with E-state index in [1.165, 1.54) is 38.5 Å². The molecule has 35 heavy (non-hydrogen) atoms. The molecule has 0 saturated carbocycles. The number of ketones is 1. The summed E-state index contributed by atoms with van der Waals surface area (Å²) in [5.41, 5.74) is 1.73. The van der Waals surface area contributed by atoms with Gasteiger partial charge in [-0.15, -0.1) is 0 Å². The summed E-state index contributed by atoms with van der Waals surface area (Å²) in [6, 6.07) is 7.24. The van der Waals surface area contributed by atoms with Crippen molar-refractivity contribution in [2.45, 2.75) is 79.6 Å². The van der Waals surface area contributed by atoms with Gasteiger partial charge in [0, 0.05) is 17.1 Å². The molecule has 5 heteroatoms. The molecule has 5 nitrogen and oxygen atoms in total. The number of allylic oxidation sites excluding steroid dienone is 3. The molecule has 0 aliphatic heterocycles. The van der Waals surface area contributed by atoms with Crippen LogP contribution in [0.3, 0.4) is 0 Å². The Bertz CT molecular complexity index is 963. The van der Waals surface area contributed by atoms with Crippen LogP contribution in [0.5, 0.6) is 5.75 Å². The zero-order valence-corrected chi connectivity index (χ0v) is 22.3. The molecule has 192 valence electrons. The van der Waals surface area contributed by atoms with Gasteiger partial charge in [0.15, 0.2) is 5.78 Å². The molecule has 1 unspecified atom stereocenters. The third kappa shape index (κ3) is 7.33. The molecule has 0 fully saturated rings. The van der Waals surface area contributed by atoms with Gasteiger partial charge in [0.25, 0.3) is 0 Å². The van der Waals surface area contributed by atoms with Crippen LogP contribution in [0.1, 0.15) is 89.9 Å². The first-order chi connectivity index (χ1) is 16.6. The minimum Gasteiger partial charge on any atom is -0.500 e. The second-order valence-corrected chi connectivity index (χ2v) is 9.92. The maximum absolute atomic E-state index is 12.9. The summed E-state index contributed by atoms with van der Waals surface area (Å²) in [6.07, 6.45) is 12.1. The molecule has 0 radical (unpaired) electrons. The lowest BCUT2D eigenvalue weighted by atomic mass is 9.66. The van der Waals surface area contributed by atoms with E-state index >= 15 is 0 Å². The van der Waals surface area contributed by atoms with E-state index in [4.69, 9.17) is 9.47 Å². The van der Waals surface area contributed by atoms with Crippen LogP contribution < -0.4 is 4.74 Å². The Kier molecular flexibility index (Phi) is 10.8. The van der Waals surface area contributed by atoms with Gasteiger partial charge in [0.1, 0.15) is 11.5 Å². The van der Waals surface area contributed by atoms with Crippen LogP contribution >= 0.6 is 0 Å². The highest BCUT2D eigenvalue weighted by Gasteiger charge is 2.41. The first-order valence-corrected chi connectivity index (χ1v) is 12.8. The number of carbonyl (C=O) groups is 2. The average molecular weight is 483 g/mol. The van der Waals surface area contributed by atoms with E-state index < -0.39 is 11.4 Å². The van der Waals surface area contributed by atoms with Crippen molar-refractivity contribution >= 4 is 11.8 Å². The fourth-order valence-corrected chi connectivity index (χ4v) is 4.69. The topological polar surface area (TPSA) is 72.8 Å². The number of hydrogen-bond acceptors (Lipinski definition) is 4. The van der Waals surface area contributed by atoms with E-state index in [1.54, 1.807) is 32.2 Å². The average Bonchev–Trinajstić information content (AvgIpc) is 2.82. The number of aliphatic carboxylic acids is 1. The van der Waals surface area contributed by atoms with Crippen LogP contribution in [0.25, 0.3) is 0 Å². The molecular formula is C30H42O5. The summed E-state index contributed by atoms with van der Waals surface area (Å²) < 4.78 is 11.4. The van der Waals surface area contributed by atoms with Gasteiger partial charge in [-0.25, -0.2) is 4.79 Å². The number of carbonyl (C=O) groups excluding carboxylic acids is 1. The smallest absolute Gasteiger partial charge is 0.336 e. The number of rotatable bonds is 14. The van der Waals surface area contributed by atoms with Crippen molar-refractivity contribution < 1.29 is 24.2 Å². The van der Waals surface area contributed by atoms with Gasteiger partial charge >= 0.3 is 5.97 Å². The molecule has 1 atom stereocenters. The van der Waals surface area contributed by atoms with Crippen molar-refractivity contribution in [3.8, 4) is 5.75 Å². The van der Waals surface area contributed by atoms with E-state index in [-0.39, 0.29) is 17.3 Å². The molecule has 0 aromatic heterocycles. The zero-order valence-electron chi connectivity index (χ0n) is 22.3. The minimum absolute atomic E-state index is 0.113. The quantitative estimate of drug-likeness (QED) is 0.168. The lowest BCUT2D eigenvalue weighted by Gasteiger charge is -2.40. The van der Waals surface area contributed by atoms with Crippen LogP contribution in [-0.2, 0) is 9.53 Å². The van der Waals surface area contributed by atoms with Crippen LogP contribution in [0, 0.1) is 11.3 Å². The minimum atomic E-state index is -0.963.